The highest BCUT2D eigenvalue weighted by Crippen LogP contribution is 2.31. The Hall–Kier alpha value is -1.33. The molecule has 2 aliphatic rings. The van der Waals surface area contributed by atoms with Crippen molar-refractivity contribution in [2.45, 2.75) is 51.7 Å². The Labute approximate surface area is 138 Å². The van der Waals surface area contributed by atoms with Crippen LogP contribution in [0.4, 0.5) is 0 Å². The molecule has 0 bridgehead atoms. The topological polar surface area (TPSA) is 69.0 Å². The Morgan fingerprint density at radius 1 is 1.00 bits per heavy atom. The molecule has 0 radical (unpaired) electrons. The summed E-state index contributed by atoms with van der Waals surface area (Å²) in [6.45, 7) is 0.742. The Bertz CT molecular complexity index is 655. The highest BCUT2D eigenvalue weighted by Gasteiger charge is 2.14. The van der Waals surface area contributed by atoms with E-state index in [4.69, 9.17) is 10.6 Å². The molecule has 6 heteroatoms. The number of hydrogen-bond donors (Lipinski definition) is 1. The Kier molecular flexibility index (Phi) is 5.16. The minimum atomic E-state index is 0.220. The number of azide groups is 1. The summed E-state index contributed by atoms with van der Waals surface area (Å²) in [6, 6.07) is 4.33. The molecule has 0 unspecified atom stereocenters. The normalized spacial score (nSPS) is 14.8. The van der Waals surface area contributed by atoms with Crippen molar-refractivity contribution < 1.29 is 5.11 Å². The van der Waals surface area contributed by atoms with Gasteiger partial charge in [-0.2, -0.15) is 0 Å². The fraction of sp³-hybridized carbons (Fsp3) is 0.500. The van der Waals surface area contributed by atoms with Crippen LogP contribution in [0.3, 0.4) is 0 Å². The first-order chi connectivity index (χ1) is 10.8. The molecule has 2 aromatic heterocycles. The van der Waals surface area contributed by atoms with E-state index < -0.39 is 0 Å². The molecule has 0 amide bonds. The Morgan fingerprint density at radius 3 is 2.14 bits per heavy atom. The number of nitrogens with zero attached hydrogens (tertiary/aromatic N) is 3. The van der Waals surface area contributed by atoms with Crippen molar-refractivity contribution in [2.24, 2.45) is 5.11 Å². The maximum atomic E-state index is 8.81. The maximum absolute atomic E-state index is 8.81. The highest BCUT2D eigenvalue weighted by atomic mass is 32.1. The number of hydrogen-bond acceptors (Lipinski definition) is 4. The number of aliphatic hydroxyl groups excluding tert-OH is 1. The largest absolute Gasteiger partial charge is 0.391 e. The van der Waals surface area contributed by atoms with Gasteiger partial charge in [0.25, 0.3) is 0 Å². The third-order valence-electron chi connectivity index (χ3n) is 4.04. The van der Waals surface area contributed by atoms with E-state index >= 15 is 0 Å². The van der Waals surface area contributed by atoms with E-state index in [2.05, 4.69) is 22.2 Å². The SMILES string of the molecule is OCc1cc2c(s1)CCC2.[N-]=[N+]=NCc1cc2c(s1)CCC2. The Balaban J connectivity index is 0.000000133. The summed E-state index contributed by atoms with van der Waals surface area (Å²) in [5.74, 6) is 0. The van der Waals surface area contributed by atoms with Gasteiger partial charge in [0.05, 0.1) is 13.2 Å². The first kappa shape index (κ1) is 15.6. The monoisotopic (exact) mass is 333 g/mol. The van der Waals surface area contributed by atoms with E-state index in [-0.39, 0.29) is 6.61 Å². The fourth-order valence-electron chi connectivity index (χ4n) is 3.04. The van der Waals surface area contributed by atoms with Gasteiger partial charge in [-0.05, 0) is 67.3 Å². The van der Waals surface area contributed by atoms with Gasteiger partial charge >= 0.3 is 0 Å². The summed E-state index contributed by atoms with van der Waals surface area (Å²) in [4.78, 5) is 8.08. The Morgan fingerprint density at radius 2 is 1.59 bits per heavy atom. The van der Waals surface area contributed by atoms with Crippen LogP contribution in [-0.2, 0) is 38.8 Å². The molecule has 22 heavy (non-hydrogen) atoms. The molecule has 4 nitrogen and oxygen atoms in total. The molecule has 0 spiro atoms. The van der Waals surface area contributed by atoms with Gasteiger partial charge in [-0.15, -0.1) is 22.7 Å². The molecule has 4 rings (SSSR count). The van der Waals surface area contributed by atoms with Gasteiger partial charge in [0, 0.05) is 24.4 Å². The van der Waals surface area contributed by atoms with Crippen molar-refractivity contribution in [1.82, 2.24) is 0 Å². The summed E-state index contributed by atoms with van der Waals surface area (Å²) in [7, 11) is 0. The second kappa shape index (κ2) is 7.29. The molecule has 0 saturated carbocycles. The summed E-state index contributed by atoms with van der Waals surface area (Å²) >= 11 is 3.57. The van der Waals surface area contributed by atoms with Crippen molar-refractivity contribution in [2.75, 3.05) is 0 Å². The van der Waals surface area contributed by atoms with Gasteiger partial charge in [0.2, 0.25) is 0 Å². The van der Waals surface area contributed by atoms with E-state index in [9.17, 15) is 0 Å². The van der Waals surface area contributed by atoms with Crippen molar-refractivity contribution in [3.8, 4) is 0 Å². The molecule has 0 aromatic carbocycles. The van der Waals surface area contributed by atoms with E-state index in [0.717, 1.165) is 4.88 Å². The van der Waals surface area contributed by atoms with Crippen LogP contribution >= 0.6 is 22.7 Å². The van der Waals surface area contributed by atoms with E-state index in [1.165, 1.54) is 64.3 Å². The van der Waals surface area contributed by atoms with Crippen LogP contribution in [0.1, 0.15) is 43.5 Å². The number of aryl methyl sites for hydroxylation is 4. The quantitative estimate of drug-likeness (QED) is 0.490. The molecule has 0 fully saturated rings. The lowest BCUT2D eigenvalue weighted by Crippen LogP contribution is -1.75. The second-order valence-electron chi connectivity index (χ2n) is 5.58. The summed E-state index contributed by atoms with van der Waals surface area (Å²) in [5, 5.41) is 12.4. The third-order valence-corrected chi connectivity index (χ3v) is 6.48. The van der Waals surface area contributed by atoms with E-state index in [1.807, 2.05) is 0 Å². The number of fused-ring (bicyclic) bond motifs is 2. The molecule has 2 aliphatic carbocycles. The lowest BCUT2D eigenvalue weighted by atomic mass is 10.2. The summed E-state index contributed by atoms with van der Waals surface area (Å²) < 4.78 is 0. The fourth-order valence-corrected chi connectivity index (χ4v) is 5.34. The van der Waals surface area contributed by atoms with Crippen LogP contribution in [-0.4, -0.2) is 5.11 Å². The minimum absolute atomic E-state index is 0.220. The first-order valence-electron chi connectivity index (χ1n) is 7.62. The van der Waals surface area contributed by atoms with Gasteiger partial charge in [-0.1, -0.05) is 5.11 Å². The molecular weight excluding hydrogens is 314 g/mol. The molecular formula is C16H19N3OS2. The van der Waals surface area contributed by atoms with Gasteiger partial charge in [-0.25, -0.2) is 0 Å². The predicted molar refractivity (Wildman–Crippen MR) is 91.5 cm³/mol. The average Bonchev–Trinajstić information content (AvgIpc) is 3.24. The van der Waals surface area contributed by atoms with Crippen molar-refractivity contribution >= 4 is 22.7 Å². The molecule has 1 N–H and O–H groups in total. The zero-order valence-electron chi connectivity index (χ0n) is 12.4. The van der Waals surface area contributed by atoms with Crippen LogP contribution in [0.5, 0.6) is 0 Å². The highest BCUT2D eigenvalue weighted by molar-refractivity contribution is 7.12. The van der Waals surface area contributed by atoms with Gasteiger partial charge in [0.1, 0.15) is 0 Å². The van der Waals surface area contributed by atoms with E-state index in [1.54, 1.807) is 22.7 Å². The molecule has 0 atom stereocenters. The molecule has 116 valence electrons. The van der Waals surface area contributed by atoms with Gasteiger partial charge < -0.3 is 5.11 Å². The summed E-state index contributed by atoms with van der Waals surface area (Å²) in [5.41, 5.74) is 11.1. The van der Waals surface area contributed by atoms with Crippen LogP contribution in [0.15, 0.2) is 17.2 Å². The lowest BCUT2D eigenvalue weighted by Gasteiger charge is -1.86. The van der Waals surface area contributed by atoms with E-state index in [0.29, 0.717) is 6.54 Å². The van der Waals surface area contributed by atoms with Crippen LogP contribution in [0.25, 0.3) is 10.4 Å². The lowest BCUT2D eigenvalue weighted by molar-refractivity contribution is 0.285. The van der Waals surface area contributed by atoms with Crippen LogP contribution < -0.4 is 0 Å². The van der Waals surface area contributed by atoms with Crippen LogP contribution in [0.2, 0.25) is 0 Å². The number of rotatable bonds is 3. The van der Waals surface area contributed by atoms with Crippen molar-refractivity contribution in [3.63, 3.8) is 0 Å². The molecule has 0 saturated heterocycles. The first-order valence-corrected chi connectivity index (χ1v) is 9.26. The number of thiophene rings is 2. The maximum Gasteiger partial charge on any atom is 0.0774 e. The average molecular weight is 333 g/mol. The zero-order valence-corrected chi connectivity index (χ0v) is 14.0. The van der Waals surface area contributed by atoms with Gasteiger partial charge in [0.15, 0.2) is 0 Å². The summed E-state index contributed by atoms with van der Waals surface area (Å²) in [6.07, 6.45) is 7.50. The van der Waals surface area contributed by atoms with Crippen molar-refractivity contribution in [1.29, 1.82) is 0 Å². The minimum Gasteiger partial charge on any atom is -0.391 e. The predicted octanol–water partition coefficient (Wildman–Crippen LogP) is 4.78. The molecule has 2 aromatic rings. The second-order valence-corrected chi connectivity index (χ2v) is 8.02. The molecule has 2 heterocycles. The van der Waals surface area contributed by atoms with Gasteiger partial charge in [-0.3, -0.25) is 0 Å². The molecule has 0 aliphatic heterocycles. The third kappa shape index (κ3) is 3.52. The standard InChI is InChI=1S/C8H9N3S.C8H10OS/c9-11-10-5-7-4-6-2-1-3-8(6)12-7;9-5-7-4-6-2-1-3-8(6)10-7/h4H,1-3,5H2;4,9H,1-3,5H2. The van der Waals surface area contributed by atoms with Crippen LogP contribution in [0, 0.1) is 0 Å². The smallest absolute Gasteiger partial charge is 0.0774 e. The zero-order chi connectivity index (χ0) is 15.4. The van der Waals surface area contributed by atoms with Crippen molar-refractivity contribution in [3.05, 3.63) is 53.2 Å². The number of aliphatic hydroxyl groups is 1.